The van der Waals surface area contributed by atoms with Gasteiger partial charge >= 0.3 is 5.97 Å². The summed E-state index contributed by atoms with van der Waals surface area (Å²) in [4.78, 5) is 39.7. The van der Waals surface area contributed by atoms with E-state index >= 15 is 0 Å². The number of nitrogens with zero attached hydrogens (tertiary/aromatic N) is 4. The molecular weight excluding hydrogens is 416 g/mol. The predicted octanol–water partition coefficient (Wildman–Crippen LogP) is -3.73. The second-order valence-electron chi connectivity index (χ2n) is 7.23. The van der Waals surface area contributed by atoms with Crippen LogP contribution in [-0.2, 0) is 23.9 Å². The van der Waals surface area contributed by atoms with Crippen molar-refractivity contribution in [3.8, 4) is 0 Å². The molecule has 0 aromatic rings. The van der Waals surface area contributed by atoms with Crippen molar-refractivity contribution < 1.29 is 44.3 Å². The Hall–Kier alpha value is -1.87. The number of carboxylic acids is 1. The number of rotatable bonds is 12. The lowest BCUT2D eigenvalue weighted by Gasteiger charge is -2.37. The molecule has 13 nitrogen and oxygen atoms in total. The first-order valence-corrected chi connectivity index (χ1v) is 10.1. The molecule has 13 heteroatoms. The van der Waals surface area contributed by atoms with Gasteiger partial charge in [-0.2, -0.15) is 0 Å². The van der Waals surface area contributed by atoms with Gasteiger partial charge in [-0.3, -0.25) is 34.0 Å². The lowest BCUT2D eigenvalue weighted by Crippen LogP contribution is -2.54. The van der Waals surface area contributed by atoms with E-state index in [0.29, 0.717) is 65.3 Å². The number of carboxylic acid groups (broad SMARTS) is 1. The first-order chi connectivity index (χ1) is 14.9. The molecule has 0 radical (unpaired) electrons. The van der Waals surface area contributed by atoms with Gasteiger partial charge in [-0.15, -0.1) is 0 Å². The largest absolute Gasteiger partial charge is 0.480 e. The molecule has 0 spiro atoms. The Kier molecular flexibility index (Phi) is 13.9. The highest BCUT2D eigenvalue weighted by atomic mass is 16.5. The molecule has 4 N–H and O–H groups in total. The van der Waals surface area contributed by atoms with E-state index in [-0.39, 0.29) is 26.6 Å². The normalized spacial score (nSPS) is 20.7. The zero-order valence-electron chi connectivity index (χ0n) is 17.6. The fourth-order valence-corrected chi connectivity index (χ4v) is 3.37. The quantitative estimate of drug-likeness (QED) is 0.215. The summed E-state index contributed by atoms with van der Waals surface area (Å²) >= 11 is 0. The van der Waals surface area contributed by atoms with E-state index in [4.69, 9.17) is 9.47 Å². The van der Waals surface area contributed by atoms with Crippen LogP contribution in [0.4, 0.5) is 0 Å². The second kappa shape index (κ2) is 15.9. The van der Waals surface area contributed by atoms with Crippen LogP contribution in [0.2, 0.25) is 0 Å². The van der Waals surface area contributed by atoms with Gasteiger partial charge in [-0.05, 0) is 0 Å². The fourth-order valence-electron chi connectivity index (χ4n) is 3.37. The number of aliphatic carboxylic acids is 1. The van der Waals surface area contributed by atoms with E-state index in [9.17, 15) is 34.8 Å². The first kappa shape index (κ1) is 27.2. The summed E-state index contributed by atoms with van der Waals surface area (Å²) in [7, 11) is 0. The number of carbonyl (C=O) groups is 3. The van der Waals surface area contributed by atoms with Crippen molar-refractivity contribution in [1.29, 1.82) is 0 Å². The van der Waals surface area contributed by atoms with Crippen molar-refractivity contribution in [2.24, 2.45) is 0 Å². The van der Waals surface area contributed by atoms with E-state index in [1.165, 1.54) is 0 Å². The van der Waals surface area contributed by atoms with Crippen molar-refractivity contribution in [1.82, 2.24) is 19.6 Å². The Morgan fingerprint density at radius 2 is 1.26 bits per heavy atom. The third-order valence-electron chi connectivity index (χ3n) is 5.17. The number of carbonyl (C=O) groups excluding carboxylic acids is 2. The zero-order valence-corrected chi connectivity index (χ0v) is 17.6. The highest BCUT2D eigenvalue weighted by Crippen LogP contribution is 2.08. The zero-order chi connectivity index (χ0) is 23.1. The summed E-state index contributed by atoms with van der Waals surface area (Å²) in [6.07, 6.45) is -1.17. The fraction of sp³-hybridized carbons (Fsp3) is 0.833. The van der Waals surface area contributed by atoms with E-state index < -0.39 is 24.7 Å². The number of hydrogen-bond acceptors (Lipinski definition) is 12. The molecule has 0 amide bonds. The monoisotopic (exact) mass is 450 g/mol. The van der Waals surface area contributed by atoms with E-state index in [1.54, 1.807) is 9.80 Å². The van der Waals surface area contributed by atoms with Crippen molar-refractivity contribution in [2.45, 2.75) is 12.1 Å². The van der Waals surface area contributed by atoms with Crippen molar-refractivity contribution in [2.75, 3.05) is 85.6 Å². The van der Waals surface area contributed by atoms with Crippen LogP contribution >= 0.6 is 0 Å². The summed E-state index contributed by atoms with van der Waals surface area (Å²) in [5.74, 6) is -0.986. The lowest BCUT2D eigenvalue weighted by molar-refractivity contribution is -0.139. The maximum absolute atomic E-state index is 11.3. The van der Waals surface area contributed by atoms with Crippen LogP contribution in [0.3, 0.4) is 0 Å². The van der Waals surface area contributed by atoms with Gasteiger partial charge in [0.25, 0.3) is 12.9 Å². The molecule has 0 aliphatic carbocycles. The Morgan fingerprint density at radius 3 is 1.68 bits per heavy atom. The topological polar surface area (TPSA) is 164 Å². The molecule has 2 unspecified atom stereocenters. The minimum absolute atomic E-state index is 0.0389. The van der Waals surface area contributed by atoms with Gasteiger partial charge < -0.3 is 29.9 Å². The average Bonchev–Trinajstić information content (AvgIpc) is 2.75. The van der Waals surface area contributed by atoms with Crippen LogP contribution in [0, 0.1) is 0 Å². The maximum atomic E-state index is 11.3. The maximum Gasteiger partial charge on any atom is 0.317 e. The van der Waals surface area contributed by atoms with Gasteiger partial charge in [0.15, 0.2) is 0 Å². The Balaban J connectivity index is 2.99. The molecule has 0 aromatic heterocycles. The highest BCUT2D eigenvalue weighted by molar-refractivity contribution is 5.69. The smallest absolute Gasteiger partial charge is 0.317 e. The molecule has 0 aromatic carbocycles. The molecule has 1 aliphatic heterocycles. The number of hydrogen-bond donors (Lipinski definition) is 4. The minimum atomic E-state index is -1.17. The third-order valence-corrected chi connectivity index (χ3v) is 5.17. The minimum Gasteiger partial charge on any atom is -0.480 e. The SMILES string of the molecule is O=COCN1CCN(COC=O)CCN(C(CO)C(O)CO)CCN(CC(=O)O)CC1. The molecule has 1 fully saturated rings. The Bertz CT molecular complexity index is 528. The molecule has 1 saturated heterocycles. The molecule has 1 aliphatic rings. The predicted molar refractivity (Wildman–Crippen MR) is 107 cm³/mol. The number of ether oxygens (including phenoxy) is 2. The van der Waals surface area contributed by atoms with Crippen molar-refractivity contribution >= 4 is 18.9 Å². The van der Waals surface area contributed by atoms with Crippen LogP contribution in [0.1, 0.15) is 0 Å². The molecule has 2 atom stereocenters. The second-order valence-corrected chi connectivity index (χ2v) is 7.23. The number of aliphatic hydroxyl groups is 3. The molecule has 180 valence electrons. The molecule has 1 heterocycles. The third kappa shape index (κ3) is 10.8. The summed E-state index contributed by atoms with van der Waals surface area (Å²) in [6.45, 7) is 2.91. The summed E-state index contributed by atoms with van der Waals surface area (Å²) in [5, 5.41) is 38.4. The van der Waals surface area contributed by atoms with Gasteiger partial charge in [0.1, 0.15) is 13.5 Å². The van der Waals surface area contributed by atoms with Crippen molar-refractivity contribution in [3.05, 3.63) is 0 Å². The lowest BCUT2D eigenvalue weighted by atomic mass is 10.1. The van der Waals surface area contributed by atoms with Gasteiger partial charge in [0, 0.05) is 52.4 Å². The van der Waals surface area contributed by atoms with Crippen LogP contribution < -0.4 is 0 Å². The standard InChI is InChI=1S/C18H34N4O9/c23-10-16(17(27)11-24)22-7-5-19(9-18(28)29)1-2-20(12-30-14-25)3-4-21(6-8-22)13-31-15-26/h14-17,23-24,27H,1-13H2,(H,28,29). The van der Waals surface area contributed by atoms with Crippen LogP contribution in [-0.4, -0.2) is 157 Å². The molecule has 0 bridgehead atoms. The van der Waals surface area contributed by atoms with E-state index in [0.717, 1.165) is 0 Å². The Labute approximate surface area is 181 Å². The van der Waals surface area contributed by atoms with Crippen LogP contribution in [0.25, 0.3) is 0 Å². The summed E-state index contributed by atoms with van der Waals surface area (Å²) in [6, 6.07) is -0.731. The first-order valence-electron chi connectivity index (χ1n) is 10.1. The van der Waals surface area contributed by atoms with Gasteiger partial charge in [-0.1, -0.05) is 0 Å². The van der Waals surface area contributed by atoms with Crippen LogP contribution in [0.5, 0.6) is 0 Å². The van der Waals surface area contributed by atoms with Crippen molar-refractivity contribution in [3.63, 3.8) is 0 Å². The molecule has 0 saturated carbocycles. The van der Waals surface area contributed by atoms with Gasteiger partial charge in [-0.25, -0.2) is 0 Å². The highest BCUT2D eigenvalue weighted by Gasteiger charge is 2.27. The van der Waals surface area contributed by atoms with Gasteiger partial charge in [0.2, 0.25) is 0 Å². The average molecular weight is 450 g/mol. The molecule has 1 rings (SSSR count). The van der Waals surface area contributed by atoms with E-state index in [2.05, 4.69) is 0 Å². The molecular formula is C18H34N4O9. The number of aliphatic hydroxyl groups excluding tert-OH is 3. The van der Waals surface area contributed by atoms with E-state index in [1.807, 2.05) is 9.80 Å². The molecule has 31 heavy (non-hydrogen) atoms. The van der Waals surface area contributed by atoms with Crippen LogP contribution in [0.15, 0.2) is 0 Å². The van der Waals surface area contributed by atoms with Gasteiger partial charge in [0.05, 0.1) is 31.9 Å². The summed E-state index contributed by atoms with van der Waals surface area (Å²) in [5.41, 5.74) is 0. The summed E-state index contributed by atoms with van der Waals surface area (Å²) < 4.78 is 9.72. The Morgan fingerprint density at radius 1 is 0.806 bits per heavy atom.